The van der Waals surface area contributed by atoms with Gasteiger partial charge in [0.1, 0.15) is 42.3 Å². The third-order valence-corrected chi connectivity index (χ3v) is 12.8. The Kier molecular flexibility index (Phi) is 22.9. The smallest absolute Gasteiger partial charge is 0.327 e. The molecular formula is C37H64N12O12S2. The number of carbonyl (C=O) groups excluding carboxylic acids is 8. The van der Waals surface area contributed by atoms with Gasteiger partial charge >= 0.3 is 5.97 Å². The number of carboxylic acids is 1. The van der Waals surface area contributed by atoms with Gasteiger partial charge in [0.05, 0.1) is 25.3 Å². The number of nitrogens with zero attached hydrogens (tertiary/aromatic N) is 2. The fourth-order valence-corrected chi connectivity index (χ4v) is 8.65. The SMILES string of the molecule is CC[C@H](C)[C@@H]1NC(=O)[C@H]([C@@H](C)O)NC(=O)[C@H](CCCN=C(N)N)NC(=O)[C@@H](N)CSSC[C@@H](C(=O)O)NC(=O)[C@H](C(C)C)NC(=O)[C@H](CO)NC(=O)[C@@H]2CCCN2C(=O)CNC1=O. The third kappa shape index (κ3) is 17.3. The minimum absolute atomic E-state index is 0.0545. The van der Waals surface area contributed by atoms with E-state index in [1.54, 1.807) is 27.7 Å². The summed E-state index contributed by atoms with van der Waals surface area (Å²) >= 11 is 0. The summed E-state index contributed by atoms with van der Waals surface area (Å²) in [5.74, 6) is -9.79. The second kappa shape index (κ2) is 26.6. The number of nitrogens with one attached hydrogen (secondary N) is 7. The van der Waals surface area contributed by atoms with Crippen LogP contribution in [0.25, 0.3) is 0 Å². The van der Waals surface area contributed by atoms with Gasteiger partial charge in [-0.05, 0) is 44.4 Å². The van der Waals surface area contributed by atoms with E-state index in [9.17, 15) is 58.5 Å². The van der Waals surface area contributed by atoms with Gasteiger partial charge in [0.2, 0.25) is 47.3 Å². The molecule has 8 amide bonds. The highest BCUT2D eigenvalue weighted by molar-refractivity contribution is 8.76. The van der Waals surface area contributed by atoms with Gasteiger partial charge in [-0.15, -0.1) is 0 Å². The van der Waals surface area contributed by atoms with Gasteiger partial charge in [-0.3, -0.25) is 43.3 Å². The number of aliphatic imine (C=N–C) groups is 1. The lowest BCUT2D eigenvalue weighted by Gasteiger charge is -2.29. The third-order valence-electron chi connectivity index (χ3n) is 10.3. The van der Waals surface area contributed by atoms with Crippen LogP contribution in [-0.2, 0) is 43.2 Å². The maximum Gasteiger partial charge on any atom is 0.327 e. The summed E-state index contributed by atoms with van der Waals surface area (Å²) in [5, 5.41) is 47.8. The van der Waals surface area contributed by atoms with Crippen LogP contribution in [0, 0.1) is 11.8 Å². The van der Waals surface area contributed by atoms with E-state index >= 15 is 0 Å². The van der Waals surface area contributed by atoms with E-state index < -0.39 is 133 Å². The highest BCUT2D eigenvalue weighted by Crippen LogP contribution is 2.23. The molecule has 2 fully saturated rings. The van der Waals surface area contributed by atoms with Crippen LogP contribution in [0.3, 0.4) is 0 Å². The van der Waals surface area contributed by atoms with Crippen molar-refractivity contribution in [3.63, 3.8) is 0 Å². The summed E-state index contributed by atoms with van der Waals surface area (Å²) in [7, 11) is 1.96. The molecule has 0 aliphatic carbocycles. The standard InChI is InChI=1S/C37H64N12O12S2/c1-6-18(4)27-33(57)42-13-25(52)49-12-8-10-24(49)32(56)44-22(14-50)31(55)46-26(17(2)3)34(58)45-23(36(60)61)16-63-62-15-20(38)29(53)43-21(9-7-11-41-37(39)40)30(54)48-28(19(5)51)35(59)47-27/h17-24,26-28,50-51H,6-16,38H2,1-5H3,(H,42,57)(H,43,53)(H,44,56)(H,45,58)(H,46,55)(H,47,59)(H,48,54)(H,60,61)(H4,39,40,41)/t18-,19+,20-,21-,22-,23-,24-,26-,27-,28-/m0/s1. The van der Waals surface area contributed by atoms with Crippen molar-refractivity contribution in [2.24, 2.45) is 34.0 Å². The topological polar surface area (TPSA) is 392 Å². The van der Waals surface area contributed by atoms with Crippen LogP contribution in [0.1, 0.15) is 66.7 Å². The number of carbonyl (C=O) groups is 9. The molecule has 0 aromatic carbocycles. The van der Waals surface area contributed by atoms with Gasteiger partial charge in [-0.2, -0.15) is 0 Å². The number of aliphatic hydroxyl groups excluding tert-OH is 2. The molecule has 2 aliphatic rings. The number of rotatable bonds is 10. The van der Waals surface area contributed by atoms with Gasteiger partial charge in [-0.1, -0.05) is 55.7 Å². The van der Waals surface area contributed by atoms with Crippen molar-refractivity contribution in [1.29, 1.82) is 0 Å². The first-order valence-corrected chi connectivity index (χ1v) is 23.1. The van der Waals surface area contributed by atoms with E-state index in [4.69, 9.17) is 17.2 Å². The Bertz CT molecular complexity index is 1670. The van der Waals surface area contributed by atoms with Gasteiger partial charge in [0.25, 0.3) is 0 Å². The van der Waals surface area contributed by atoms with Crippen LogP contribution in [0.15, 0.2) is 4.99 Å². The second-order valence-electron chi connectivity index (χ2n) is 15.6. The van der Waals surface area contributed by atoms with E-state index in [0.29, 0.717) is 12.8 Å². The molecule has 16 N–H and O–H groups in total. The van der Waals surface area contributed by atoms with E-state index in [2.05, 4.69) is 42.2 Å². The minimum atomic E-state index is -1.64. The average Bonchev–Trinajstić information content (AvgIpc) is 3.73. The number of amides is 8. The molecule has 24 nitrogen and oxygen atoms in total. The van der Waals surface area contributed by atoms with Crippen LogP contribution in [0.4, 0.5) is 0 Å². The van der Waals surface area contributed by atoms with E-state index in [-0.39, 0.29) is 49.8 Å². The number of carboxylic acid groups (broad SMARTS) is 1. The maximum atomic E-state index is 13.7. The zero-order valence-electron chi connectivity index (χ0n) is 36.1. The first-order valence-electron chi connectivity index (χ1n) is 20.6. The number of hydrogen-bond donors (Lipinski definition) is 13. The molecule has 0 radical (unpaired) electrons. The minimum Gasteiger partial charge on any atom is -0.480 e. The highest BCUT2D eigenvalue weighted by atomic mass is 33.1. The predicted molar refractivity (Wildman–Crippen MR) is 233 cm³/mol. The summed E-state index contributed by atoms with van der Waals surface area (Å²) in [6.07, 6.45) is -0.460. The van der Waals surface area contributed by atoms with Crippen LogP contribution >= 0.6 is 21.6 Å². The van der Waals surface area contributed by atoms with Gasteiger partial charge < -0.3 is 74.6 Å². The lowest BCUT2D eigenvalue weighted by Crippen LogP contribution is -2.61. The Morgan fingerprint density at radius 1 is 0.794 bits per heavy atom. The predicted octanol–water partition coefficient (Wildman–Crippen LogP) is -5.06. The Balaban J connectivity index is 2.50. The number of aliphatic carboxylic acids is 1. The first kappa shape index (κ1) is 54.2. The van der Waals surface area contributed by atoms with Crippen molar-refractivity contribution in [2.75, 3.05) is 37.7 Å². The molecule has 26 heteroatoms. The van der Waals surface area contributed by atoms with Gasteiger partial charge in [0, 0.05) is 24.6 Å². The number of aliphatic hydroxyl groups is 2. The van der Waals surface area contributed by atoms with Gasteiger partial charge in [0.15, 0.2) is 5.96 Å². The molecule has 0 bridgehead atoms. The number of nitrogens with two attached hydrogens (primary N) is 3. The van der Waals surface area contributed by atoms with Gasteiger partial charge in [-0.25, -0.2) is 4.79 Å². The lowest BCUT2D eigenvalue weighted by atomic mass is 9.97. The van der Waals surface area contributed by atoms with Crippen LogP contribution in [0.5, 0.6) is 0 Å². The zero-order valence-corrected chi connectivity index (χ0v) is 37.7. The average molecular weight is 933 g/mol. The van der Waals surface area contributed by atoms with E-state index in [0.717, 1.165) is 21.6 Å². The normalized spacial score (nSPS) is 28.2. The van der Waals surface area contributed by atoms with Crippen LogP contribution < -0.4 is 54.4 Å². The monoisotopic (exact) mass is 932 g/mol. The zero-order chi connectivity index (χ0) is 47.6. The van der Waals surface area contributed by atoms with Crippen molar-refractivity contribution in [3.05, 3.63) is 0 Å². The van der Waals surface area contributed by atoms with Crippen molar-refractivity contribution >= 4 is 80.8 Å². The number of hydrogen-bond acceptors (Lipinski definition) is 15. The molecule has 2 saturated heterocycles. The van der Waals surface area contributed by atoms with Crippen LogP contribution in [-0.4, -0.2) is 172 Å². The molecule has 0 aromatic heterocycles. The lowest BCUT2D eigenvalue weighted by molar-refractivity contribution is -0.142. The van der Waals surface area contributed by atoms with Crippen molar-refractivity contribution in [1.82, 2.24) is 42.1 Å². The fraction of sp³-hybridized carbons (Fsp3) is 0.730. The summed E-state index contributed by atoms with van der Waals surface area (Å²) in [6, 6.07) is -10.9. The van der Waals surface area contributed by atoms with E-state index in [1.807, 2.05) is 0 Å². The molecule has 0 saturated carbocycles. The summed E-state index contributed by atoms with van der Waals surface area (Å²) < 4.78 is 0. The van der Waals surface area contributed by atoms with Crippen LogP contribution in [0.2, 0.25) is 0 Å². The number of guanidine groups is 1. The highest BCUT2D eigenvalue weighted by Gasteiger charge is 2.39. The molecule has 2 aliphatic heterocycles. The Labute approximate surface area is 373 Å². The van der Waals surface area contributed by atoms with E-state index in [1.165, 1.54) is 11.8 Å². The molecular weight excluding hydrogens is 869 g/mol. The van der Waals surface area contributed by atoms with Crippen molar-refractivity contribution < 1.29 is 58.5 Å². The first-order chi connectivity index (χ1) is 29.6. The molecule has 2 heterocycles. The molecule has 0 unspecified atom stereocenters. The molecule has 2 rings (SSSR count). The maximum absolute atomic E-state index is 13.7. The second-order valence-corrected chi connectivity index (χ2v) is 18.2. The van der Waals surface area contributed by atoms with Crippen molar-refractivity contribution in [2.45, 2.75) is 121 Å². The van der Waals surface area contributed by atoms with Crippen molar-refractivity contribution in [3.8, 4) is 0 Å². The quantitative estimate of drug-likeness (QED) is 0.0422. The Hall–Kier alpha value is -4.92. The Morgan fingerprint density at radius 3 is 1.97 bits per heavy atom. The Morgan fingerprint density at radius 2 is 1.38 bits per heavy atom. The largest absolute Gasteiger partial charge is 0.480 e. The molecule has 356 valence electrons. The number of fused-ring (bicyclic) bond motifs is 1. The molecule has 10 atom stereocenters. The fourth-order valence-electron chi connectivity index (χ4n) is 6.37. The molecule has 0 spiro atoms. The summed E-state index contributed by atoms with van der Waals surface area (Å²) in [4.78, 5) is 125. The summed E-state index contributed by atoms with van der Waals surface area (Å²) in [6.45, 7) is 6.48. The molecule has 0 aromatic rings. The summed E-state index contributed by atoms with van der Waals surface area (Å²) in [5.41, 5.74) is 17.0. The molecule has 63 heavy (non-hydrogen) atoms.